The third-order valence-corrected chi connectivity index (χ3v) is 5.20. The molecule has 1 N–H and O–H groups in total. The van der Waals surface area contributed by atoms with Gasteiger partial charge in [0.2, 0.25) is 0 Å². The highest BCUT2D eigenvalue weighted by atomic mass is 35.5. The molecule has 1 aliphatic rings. The Morgan fingerprint density at radius 2 is 2.22 bits per heavy atom. The number of nitrogens with one attached hydrogen (secondary N) is 1. The SMILES string of the molecule is CCNC(=NCCc1ccc(Cl)s1)N1CCC(C(=O)OC)CC1. The fourth-order valence-corrected chi connectivity index (χ4v) is 3.75. The Labute approximate surface area is 146 Å². The standard InChI is InChI=1S/C16H24ClN3O2S/c1-3-18-16(19-9-6-13-4-5-14(17)23-13)20-10-7-12(8-11-20)15(21)22-2/h4-5,12H,3,6-11H2,1-2H3,(H,18,19). The number of aliphatic imine (C=N–C) groups is 1. The van der Waals surface area contributed by atoms with Crippen LogP contribution in [0.15, 0.2) is 17.1 Å². The van der Waals surface area contributed by atoms with Crippen molar-refractivity contribution in [1.29, 1.82) is 0 Å². The van der Waals surface area contributed by atoms with Gasteiger partial charge in [-0.05, 0) is 31.9 Å². The van der Waals surface area contributed by atoms with E-state index in [-0.39, 0.29) is 11.9 Å². The summed E-state index contributed by atoms with van der Waals surface area (Å²) < 4.78 is 5.66. The van der Waals surface area contributed by atoms with Gasteiger partial charge in [0.15, 0.2) is 5.96 Å². The summed E-state index contributed by atoms with van der Waals surface area (Å²) in [5.74, 6) is 0.854. The second-order valence-electron chi connectivity index (χ2n) is 5.48. The Hall–Kier alpha value is -1.27. The molecular formula is C16H24ClN3O2S. The Balaban J connectivity index is 1.88. The number of methoxy groups -OCH3 is 1. The van der Waals surface area contributed by atoms with Gasteiger partial charge in [-0.3, -0.25) is 9.79 Å². The highest BCUT2D eigenvalue weighted by Gasteiger charge is 2.26. The average molecular weight is 358 g/mol. The van der Waals surface area contributed by atoms with E-state index in [2.05, 4.69) is 23.2 Å². The minimum Gasteiger partial charge on any atom is -0.469 e. The second-order valence-corrected chi connectivity index (χ2v) is 7.28. The van der Waals surface area contributed by atoms with E-state index >= 15 is 0 Å². The number of halogens is 1. The summed E-state index contributed by atoms with van der Waals surface area (Å²) in [5, 5.41) is 3.34. The maximum absolute atomic E-state index is 11.6. The largest absolute Gasteiger partial charge is 0.469 e. The molecule has 23 heavy (non-hydrogen) atoms. The number of nitrogens with zero attached hydrogens (tertiary/aromatic N) is 2. The van der Waals surface area contributed by atoms with Crippen molar-refractivity contribution >= 4 is 34.9 Å². The van der Waals surface area contributed by atoms with Crippen molar-refractivity contribution < 1.29 is 9.53 Å². The van der Waals surface area contributed by atoms with Crippen LogP contribution in [0.2, 0.25) is 4.34 Å². The van der Waals surface area contributed by atoms with Crippen LogP contribution in [0.25, 0.3) is 0 Å². The highest BCUT2D eigenvalue weighted by molar-refractivity contribution is 7.16. The number of rotatable bonds is 5. The predicted octanol–water partition coefficient (Wildman–Crippen LogP) is 2.79. The molecule has 0 amide bonds. The zero-order valence-corrected chi connectivity index (χ0v) is 15.3. The molecule has 0 atom stereocenters. The predicted molar refractivity (Wildman–Crippen MR) is 95.3 cm³/mol. The van der Waals surface area contributed by atoms with Crippen molar-refractivity contribution in [2.75, 3.05) is 33.3 Å². The van der Waals surface area contributed by atoms with Crippen LogP contribution in [0, 0.1) is 5.92 Å². The van der Waals surface area contributed by atoms with Crippen LogP contribution in [0.5, 0.6) is 0 Å². The van der Waals surface area contributed by atoms with Gasteiger partial charge >= 0.3 is 5.97 Å². The zero-order valence-electron chi connectivity index (χ0n) is 13.7. The molecule has 1 aromatic heterocycles. The van der Waals surface area contributed by atoms with E-state index in [0.717, 1.165) is 55.7 Å². The molecule has 1 fully saturated rings. The Morgan fingerprint density at radius 1 is 1.48 bits per heavy atom. The van der Waals surface area contributed by atoms with Gasteiger partial charge in [-0.15, -0.1) is 11.3 Å². The van der Waals surface area contributed by atoms with Crippen molar-refractivity contribution in [2.45, 2.75) is 26.2 Å². The van der Waals surface area contributed by atoms with Crippen LogP contribution in [-0.2, 0) is 16.0 Å². The van der Waals surface area contributed by atoms with Gasteiger partial charge < -0.3 is 15.0 Å². The molecule has 128 valence electrons. The van der Waals surface area contributed by atoms with E-state index in [0.29, 0.717) is 0 Å². The number of guanidine groups is 1. The summed E-state index contributed by atoms with van der Waals surface area (Å²) in [6.45, 7) is 5.29. The number of hydrogen-bond acceptors (Lipinski definition) is 4. The molecule has 0 spiro atoms. The van der Waals surface area contributed by atoms with Crippen LogP contribution in [0.3, 0.4) is 0 Å². The highest BCUT2D eigenvalue weighted by Crippen LogP contribution is 2.22. The van der Waals surface area contributed by atoms with Crippen molar-refractivity contribution in [2.24, 2.45) is 10.9 Å². The molecule has 2 heterocycles. The van der Waals surface area contributed by atoms with Crippen LogP contribution in [0.1, 0.15) is 24.6 Å². The monoisotopic (exact) mass is 357 g/mol. The van der Waals surface area contributed by atoms with Crippen molar-refractivity contribution in [3.05, 3.63) is 21.3 Å². The molecular weight excluding hydrogens is 334 g/mol. The molecule has 0 saturated carbocycles. The van der Waals surface area contributed by atoms with Gasteiger partial charge in [0.25, 0.3) is 0 Å². The Bertz CT molecular complexity index is 539. The first-order valence-electron chi connectivity index (χ1n) is 7.99. The van der Waals surface area contributed by atoms with E-state index in [1.54, 1.807) is 11.3 Å². The molecule has 0 aliphatic carbocycles. The number of piperidine rings is 1. The van der Waals surface area contributed by atoms with Gasteiger partial charge in [-0.2, -0.15) is 0 Å². The van der Waals surface area contributed by atoms with E-state index < -0.39 is 0 Å². The molecule has 1 aliphatic heterocycles. The molecule has 1 saturated heterocycles. The second kappa shape index (κ2) is 9.13. The first kappa shape index (κ1) is 18.1. The van der Waals surface area contributed by atoms with Crippen LogP contribution < -0.4 is 5.32 Å². The summed E-state index contributed by atoms with van der Waals surface area (Å²) in [5.41, 5.74) is 0. The summed E-state index contributed by atoms with van der Waals surface area (Å²) in [4.78, 5) is 19.8. The molecule has 7 heteroatoms. The number of hydrogen-bond donors (Lipinski definition) is 1. The third kappa shape index (κ3) is 5.39. The smallest absolute Gasteiger partial charge is 0.308 e. The topological polar surface area (TPSA) is 53.9 Å². The summed E-state index contributed by atoms with van der Waals surface area (Å²) in [6, 6.07) is 3.98. The minimum atomic E-state index is -0.0961. The van der Waals surface area contributed by atoms with Crippen LogP contribution in [0.4, 0.5) is 0 Å². The quantitative estimate of drug-likeness (QED) is 0.500. The first-order valence-corrected chi connectivity index (χ1v) is 9.18. The Morgan fingerprint density at radius 3 is 2.78 bits per heavy atom. The third-order valence-electron chi connectivity index (χ3n) is 3.91. The summed E-state index contributed by atoms with van der Waals surface area (Å²) in [6.07, 6.45) is 2.53. The molecule has 1 aromatic rings. The van der Waals surface area contributed by atoms with E-state index in [1.807, 2.05) is 6.07 Å². The van der Waals surface area contributed by atoms with Gasteiger partial charge in [-0.25, -0.2) is 0 Å². The van der Waals surface area contributed by atoms with E-state index in [9.17, 15) is 4.79 Å². The van der Waals surface area contributed by atoms with Gasteiger partial charge in [0.05, 0.1) is 17.4 Å². The number of esters is 1. The van der Waals surface area contributed by atoms with Crippen LogP contribution >= 0.6 is 22.9 Å². The van der Waals surface area contributed by atoms with Crippen molar-refractivity contribution in [1.82, 2.24) is 10.2 Å². The number of ether oxygens (including phenoxy) is 1. The minimum absolute atomic E-state index is 0.0207. The molecule has 2 rings (SSSR count). The fourth-order valence-electron chi connectivity index (χ4n) is 2.68. The van der Waals surface area contributed by atoms with Gasteiger partial charge in [0.1, 0.15) is 0 Å². The molecule has 0 aromatic carbocycles. The van der Waals surface area contributed by atoms with Gasteiger partial charge in [-0.1, -0.05) is 11.6 Å². The summed E-state index contributed by atoms with van der Waals surface area (Å²) in [7, 11) is 1.46. The first-order chi connectivity index (χ1) is 11.1. The van der Waals surface area contributed by atoms with Crippen LogP contribution in [-0.4, -0.2) is 50.1 Å². The maximum atomic E-state index is 11.6. The number of thiophene rings is 1. The number of carbonyl (C=O) groups is 1. The molecule has 0 unspecified atom stereocenters. The lowest BCUT2D eigenvalue weighted by Crippen LogP contribution is -2.46. The van der Waals surface area contributed by atoms with E-state index in [1.165, 1.54) is 12.0 Å². The lowest BCUT2D eigenvalue weighted by atomic mass is 9.97. The number of likely N-dealkylation sites (tertiary alicyclic amines) is 1. The average Bonchev–Trinajstić information content (AvgIpc) is 2.99. The molecule has 5 nitrogen and oxygen atoms in total. The summed E-state index contributed by atoms with van der Waals surface area (Å²) >= 11 is 7.55. The fraction of sp³-hybridized carbons (Fsp3) is 0.625. The zero-order chi connectivity index (χ0) is 16.7. The van der Waals surface area contributed by atoms with E-state index in [4.69, 9.17) is 21.3 Å². The lowest BCUT2D eigenvalue weighted by Gasteiger charge is -2.33. The lowest BCUT2D eigenvalue weighted by molar-refractivity contribution is -0.146. The molecule has 0 radical (unpaired) electrons. The van der Waals surface area contributed by atoms with Crippen molar-refractivity contribution in [3.8, 4) is 0 Å². The van der Waals surface area contributed by atoms with Gasteiger partial charge in [0, 0.05) is 37.5 Å². The molecule has 0 bridgehead atoms. The Kier molecular flexibility index (Phi) is 7.17. The maximum Gasteiger partial charge on any atom is 0.308 e. The number of carbonyl (C=O) groups excluding carboxylic acids is 1. The normalized spacial score (nSPS) is 16.5. The van der Waals surface area contributed by atoms with Crippen molar-refractivity contribution in [3.63, 3.8) is 0 Å².